The van der Waals surface area contributed by atoms with Crippen molar-refractivity contribution in [3.05, 3.63) is 89.4 Å². The average molecular weight is 571 g/mol. The molecule has 9 heteroatoms. The van der Waals surface area contributed by atoms with Crippen LogP contribution in [0.3, 0.4) is 0 Å². The molecule has 1 aliphatic rings. The van der Waals surface area contributed by atoms with Gasteiger partial charge in [-0.2, -0.15) is 0 Å². The van der Waals surface area contributed by atoms with Gasteiger partial charge in [0.25, 0.3) is 11.8 Å². The van der Waals surface area contributed by atoms with Crippen LogP contribution in [0.15, 0.2) is 71.1 Å². The first-order valence-electron chi connectivity index (χ1n) is 13.6. The topological polar surface area (TPSA) is 70.7 Å². The van der Waals surface area contributed by atoms with Gasteiger partial charge < -0.3 is 23.5 Å². The molecular weight excluding hydrogens is 539 g/mol. The van der Waals surface area contributed by atoms with Crippen molar-refractivity contribution in [2.75, 3.05) is 31.5 Å². The van der Waals surface area contributed by atoms with Crippen molar-refractivity contribution in [1.82, 2.24) is 14.8 Å². The van der Waals surface area contributed by atoms with E-state index in [2.05, 4.69) is 18.1 Å². The second-order valence-corrected chi connectivity index (χ2v) is 11.2. The molecule has 1 fully saturated rings. The fourth-order valence-electron chi connectivity index (χ4n) is 5.98. The highest BCUT2D eigenvalue weighted by Crippen LogP contribution is 2.42. The molecule has 6 rings (SSSR count). The van der Waals surface area contributed by atoms with Crippen molar-refractivity contribution >= 4 is 52.2 Å². The molecule has 1 aliphatic heterocycles. The maximum Gasteiger partial charge on any atom is 0.270 e. The minimum Gasteiger partial charge on any atom is -0.455 e. The van der Waals surface area contributed by atoms with Gasteiger partial charge in [-0.25, -0.2) is 4.39 Å². The van der Waals surface area contributed by atoms with Crippen LogP contribution in [0.25, 0.3) is 33.2 Å². The van der Waals surface area contributed by atoms with E-state index in [9.17, 15) is 14.0 Å². The van der Waals surface area contributed by atoms with Crippen LogP contribution in [-0.4, -0.2) is 48.5 Å². The molecular formula is C32H31FN4O3S. The number of hydrogen-bond donors (Lipinski definition) is 2. The Morgan fingerprint density at radius 1 is 1.10 bits per heavy atom. The number of halogens is 1. The molecule has 1 N–H and O–H groups in total. The molecule has 3 aromatic carbocycles. The molecule has 0 aliphatic carbocycles. The van der Waals surface area contributed by atoms with Crippen molar-refractivity contribution in [2.24, 2.45) is 7.05 Å². The normalized spacial score (nSPS) is 15.4. The lowest BCUT2D eigenvalue weighted by molar-refractivity contribution is 0.0698. The van der Waals surface area contributed by atoms with Crippen LogP contribution in [0.1, 0.15) is 45.2 Å². The first kappa shape index (κ1) is 27.0. The van der Waals surface area contributed by atoms with Crippen LogP contribution in [0.5, 0.6) is 0 Å². The molecule has 0 radical (unpaired) electrons. The van der Waals surface area contributed by atoms with Gasteiger partial charge in [-0.05, 0) is 60.9 Å². The zero-order valence-corrected chi connectivity index (χ0v) is 24.0. The zero-order valence-electron chi connectivity index (χ0n) is 23.1. The van der Waals surface area contributed by atoms with Crippen molar-refractivity contribution in [1.29, 1.82) is 0 Å². The van der Waals surface area contributed by atoms with E-state index in [1.54, 1.807) is 23.5 Å². The summed E-state index contributed by atoms with van der Waals surface area (Å²) in [6.07, 6.45) is 1.74. The maximum atomic E-state index is 13.7. The lowest BCUT2D eigenvalue weighted by Gasteiger charge is -2.34. The Bertz CT molecular complexity index is 1790. The molecule has 0 spiro atoms. The fourth-order valence-corrected chi connectivity index (χ4v) is 6.16. The van der Waals surface area contributed by atoms with Gasteiger partial charge in [0.2, 0.25) is 0 Å². The van der Waals surface area contributed by atoms with Crippen LogP contribution in [0, 0.1) is 5.82 Å². The van der Waals surface area contributed by atoms with Gasteiger partial charge >= 0.3 is 0 Å². The third-order valence-corrected chi connectivity index (χ3v) is 8.28. The summed E-state index contributed by atoms with van der Waals surface area (Å²) in [5, 5.41) is 4.42. The average Bonchev–Trinajstić information content (AvgIpc) is 3.53. The maximum absolute atomic E-state index is 13.7. The number of amides is 2. The summed E-state index contributed by atoms with van der Waals surface area (Å²) in [5.41, 5.74) is 5.04. The molecule has 41 heavy (non-hydrogen) atoms. The Morgan fingerprint density at radius 2 is 1.85 bits per heavy atom. The van der Waals surface area contributed by atoms with Crippen molar-refractivity contribution in [2.45, 2.75) is 18.8 Å². The number of furan rings is 1. The summed E-state index contributed by atoms with van der Waals surface area (Å²) < 4.78 is 23.6. The number of rotatable bonds is 5. The van der Waals surface area contributed by atoms with Crippen LogP contribution >= 0.6 is 12.8 Å². The molecule has 2 amide bonds. The van der Waals surface area contributed by atoms with Gasteiger partial charge in [-0.15, -0.1) is 0 Å². The summed E-state index contributed by atoms with van der Waals surface area (Å²) >= 11 is 4.62. The van der Waals surface area contributed by atoms with E-state index in [-0.39, 0.29) is 23.5 Å². The molecule has 0 saturated carbocycles. The van der Waals surface area contributed by atoms with Crippen LogP contribution in [0.2, 0.25) is 0 Å². The predicted molar refractivity (Wildman–Crippen MR) is 163 cm³/mol. The Hall–Kier alpha value is -4.24. The number of carbonyl (C=O) groups excluding carboxylic acids is 2. The second-order valence-electron chi connectivity index (χ2n) is 10.6. The number of para-hydroxylation sites is 1. The molecule has 210 valence electrons. The van der Waals surface area contributed by atoms with Crippen molar-refractivity contribution in [3.63, 3.8) is 0 Å². The smallest absolute Gasteiger partial charge is 0.270 e. The quantitative estimate of drug-likeness (QED) is 0.240. The van der Waals surface area contributed by atoms with Gasteiger partial charge in [0.15, 0.2) is 0 Å². The molecule has 1 unspecified atom stereocenters. The molecule has 1 atom stereocenters. The number of nitrogens with zero attached hydrogens (tertiary/aromatic N) is 3. The standard InChI is InChI=1S/C32H31FN4O3S/c1-34-31(38)29-24-16-23(26(36(3)41)17-28(24)40-30(29)19-10-12-22(33)13-11-19)21-8-6-14-37(18-21)32(39)27-15-20-7-4-5-9-25(20)35(27)2/h4-5,7,9-13,15-17,21,41H,6,8,14,18H2,1-3H3,(H,34,38). The Kier molecular flexibility index (Phi) is 6.99. The summed E-state index contributed by atoms with van der Waals surface area (Å²) in [5.74, 6) is -0.258. The summed E-state index contributed by atoms with van der Waals surface area (Å²) in [6.45, 7) is 1.22. The third-order valence-electron chi connectivity index (χ3n) is 8.07. The number of nitrogens with one attached hydrogen (secondary N) is 1. The molecule has 0 bridgehead atoms. The highest BCUT2D eigenvalue weighted by molar-refractivity contribution is 7.81. The zero-order chi connectivity index (χ0) is 28.8. The van der Waals surface area contributed by atoms with E-state index < -0.39 is 0 Å². The van der Waals surface area contributed by atoms with E-state index >= 15 is 0 Å². The number of aryl methyl sites for hydroxylation is 1. The Morgan fingerprint density at radius 3 is 2.56 bits per heavy atom. The molecule has 5 aromatic rings. The molecule has 2 aromatic heterocycles. The van der Waals surface area contributed by atoms with Crippen molar-refractivity contribution < 1.29 is 18.4 Å². The van der Waals surface area contributed by atoms with Crippen LogP contribution < -0.4 is 9.62 Å². The highest BCUT2D eigenvalue weighted by Gasteiger charge is 2.31. The Labute approximate surface area is 243 Å². The van der Waals surface area contributed by atoms with E-state index in [0.717, 1.165) is 35.0 Å². The summed E-state index contributed by atoms with van der Waals surface area (Å²) in [7, 11) is 5.35. The van der Waals surface area contributed by atoms with E-state index in [1.165, 1.54) is 12.1 Å². The number of benzene rings is 3. The molecule has 1 saturated heterocycles. The fraction of sp³-hybridized carbons (Fsp3) is 0.250. The largest absolute Gasteiger partial charge is 0.455 e. The van der Waals surface area contributed by atoms with E-state index in [0.29, 0.717) is 46.6 Å². The van der Waals surface area contributed by atoms with Gasteiger partial charge in [0.05, 0.1) is 11.3 Å². The van der Waals surface area contributed by atoms with E-state index in [4.69, 9.17) is 4.42 Å². The minimum atomic E-state index is -0.368. The number of likely N-dealkylation sites (tertiary alicyclic amines) is 1. The number of hydrogen-bond acceptors (Lipinski definition) is 5. The molecule has 7 nitrogen and oxygen atoms in total. The number of thiol groups is 1. The van der Waals surface area contributed by atoms with Crippen LogP contribution in [0.4, 0.5) is 10.1 Å². The van der Waals surface area contributed by atoms with Gasteiger partial charge in [-0.1, -0.05) is 31.0 Å². The molecule has 3 heterocycles. The lowest BCUT2D eigenvalue weighted by atomic mass is 9.88. The Balaban J connectivity index is 1.42. The number of piperidine rings is 1. The monoisotopic (exact) mass is 570 g/mol. The van der Waals surface area contributed by atoms with Crippen LogP contribution in [-0.2, 0) is 7.05 Å². The number of anilines is 1. The summed E-state index contributed by atoms with van der Waals surface area (Å²) in [4.78, 5) is 28.8. The van der Waals surface area contributed by atoms with Gasteiger partial charge in [0.1, 0.15) is 22.9 Å². The second kappa shape index (κ2) is 10.6. The number of carbonyl (C=O) groups is 2. The van der Waals surface area contributed by atoms with Crippen molar-refractivity contribution in [3.8, 4) is 11.3 Å². The first-order valence-corrected chi connectivity index (χ1v) is 14.0. The first-order chi connectivity index (χ1) is 19.8. The highest BCUT2D eigenvalue weighted by atomic mass is 32.1. The minimum absolute atomic E-state index is 0.00298. The third kappa shape index (κ3) is 4.74. The summed E-state index contributed by atoms with van der Waals surface area (Å²) in [6, 6.07) is 19.7. The SMILES string of the molecule is CNC(=O)c1c(-c2ccc(F)cc2)oc2cc(N(C)S)c(C3CCCN(C(=O)c4cc5ccccc5n4C)C3)cc12. The lowest BCUT2D eigenvalue weighted by Crippen LogP contribution is -2.40. The van der Waals surface area contributed by atoms with E-state index in [1.807, 2.05) is 66.0 Å². The number of aromatic nitrogens is 1. The van der Waals surface area contributed by atoms with Gasteiger partial charge in [0, 0.05) is 68.1 Å². The van der Waals surface area contributed by atoms with Gasteiger partial charge in [-0.3, -0.25) is 9.59 Å². The predicted octanol–water partition coefficient (Wildman–Crippen LogP) is 6.39. The number of fused-ring (bicyclic) bond motifs is 2.